The van der Waals surface area contributed by atoms with Crippen molar-refractivity contribution in [1.82, 2.24) is 4.90 Å². The van der Waals surface area contributed by atoms with Gasteiger partial charge in [0.05, 0.1) is 0 Å². The van der Waals surface area contributed by atoms with Gasteiger partial charge < -0.3 is 4.74 Å². The average molecular weight is 394 g/mol. The first-order valence-electron chi connectivity index (χ1n) is 11.7. The second kappa shape index (κ2) is 12.0. The Morgan fingerprint density at radius 3 is 2.14 bits per heavy atom. The van der Waals surface area contributed by atoms with Gasteiger partial charge in [0.15, 0.2) is 0 Å². The van der Waals surface area contributed by atoms with E-state index in [1.54, 1.807) is 0 Å². The molecule has 1 aliphatic heterocycles. The minimum atomic E-state index is 0.634. The zero-order valence-electron chi connectivity index (χ0n) is 18.5. The summed E-state index contributed by atoms with van der Waals surface area (Å²) in [5.74, 6) is 0.957. The van der Waals surface area contributed by atoms with Gasteiger partial charge in [0.25, 0.3) is 0 Å². The van der Waals surface area contributed by atoms with Gasteiger partial charge in [-0.2, -0.15) is 0 Å². The van der Waals surface area contributed by atoms with Crippen LogP contribution < -0.4 is 4.74 Å². The first-order chi connectivity index (χ1) is 14.2. The van der Waals surface area contributed by atoms with Crippen molar-refractivity contribution in [1.29, 1.82) is 0 Å². The molecule has 3 rings (SSSR count). The summed E-state index contributed by atoms with van der Waals surface area (Å²) < 4.78 is 5.88. The standard InChI is InChI=1S/C27H39NO/c1-23-12-11-13-24(2)28(23)21-10-5-3-4-7-14-25-17-19-27(20-18-25)29-22-26-15-8-6-9-16-26/h6,8-9,15-20,23-24H,3-5,7,10-14,21-22H2,1-2H3. The van der Waals surface area contributed by atoms with Gasteiger partial charge in [-0.25, -0.2) is 0 Å². The molecule has 0 N–H and O–H groups in total. The Hall–Kier alpha value is -1.80. The Balaban J connectivity index is 1.25. The van der Waals surface area contributed by atoms with Gasteiger partial charge in [-0.1, -0.05) is 68.1 Å². The highest BCUT2D eigenvalue weighted by Gasteiger charge is 2.23. The van der Waals surface area contributed by atoms with Crippen LogP contribution in [0.15, 0.2) is 54.6 Å². The highest BCUT2D eigenvalue weighted by Crippen LogP contribution is 2.23. The molecule has 2 nitrogen and oxygen atoms in total. The molecule has 0 spiro atoms. The van der Waals surface area contributed by atoms with E-state index in [1.807, 2.05) is 6.07 Å². The summed E-state index contributed by atoms with van der Waals surface area (Å²) in [6.45, 7) is 6.75. The number of nitrogens with zero attached hydrogens (tertiary/aromatic N) is 1. The van der Waals surface area contributed by atoms with E-state index in [0.29, 0.717) is 6.61 Å². The van der Waals surface area contributed by atoms with Crippen molar-refractivity contribution in [3.63, 3.8) is 0 Å². The lowest BCUT2D eigenvalue weighted by molar-refractivity contribution is 0.101. The Morgan fingerprint density at radius 2 is 1.41 bits per heavy atom. The molecule has 2 unspecified atom stereocenters. The van der Waals surface area contributed by atoms with Crippen molar-refractivity contribution in [2.45, 2.75) is 90.3 Å². The van der Waals surface area contributed by atoms with Crippen molar-refractivity contribution in [2.24, 2.45) is 0 Å². The van der Waals surface area contributed by atoms with Crippen molar-refractivity contribution in [3.8, 4) is 5.75 Å². The van der Waals surface area contributed by atoms with Crippen molar-refractivity contribution in [2.75, 3.05) is 6.54 Å². The normalized spacial score (nSPS) is 19.9. The number of hydrogen-bond acceptors (Lipinski definition) is 2. The Morgan fingerprint density at radius 1 is 0.759 bits per heavy atom. The molecule has 2 aromatic carbocycles. The lowest BCUT2D eigenvalue weighted by atomic mass is 9.97. The van der Waals surface area contributed by atoms with E-state index < -0.39 is 0 Å². The van der Waals surface area contributed by atoms with Gasteiger partial charge in [0.1, 0.15) is 12.4 Å². The van der Waals surface area contributed by atoms with Gasteiger partial charge >= 0.3 is 0 Å². The molecule has 0 aromatic heterocycles. The topological polar surface area (TPSA) is 12.5 Å². The summed E-state index contributed by atoms with van der Waals surface area (Å²) in [5, 5.41) is 0. The highest BCUT2D eigenvalue weighted by atomic mass is 16.5. The van der Waals surface area contributed by atoms with E-state index >= 15 is 0 Å². The van der Waals surface area contributed by atoms with E-state index in [4.69, 9.17) is 4.74 Å². The number of piperidine rings is 1. The van der Waals surface area contributed by atoms with Gasteiger partial charge in [0, 0.05) is 12.1 Å². The maximum atomic E-state index is 5.88. The average Bonchev–Trinajstić information content (AvgIpc) is 2.75. The molecule has 1 fully saturated rings. The van der Waals surface area contributed by atoms with Crippen LogP contribution in [-0.4, -0.2) is 23.5 Å². The van der Waals surface area contributed by atoms with Crippen LogP contribution in [0.2, 0.25) is 0 Å². The van der Waals surface area contributed by atoms with E-state index in [1.165, 1.54) is 75.5 Å². The summed E-state index contributed by atoms with van der Waals surface area (Å²) in [6.07, 6.45) is 12.1. The van der Waals surface area contributed by atoms with Crippen molar-refractivity contribution >= 4 is 0 Å². The lowest BCUT2D eigenvalue weighted by Gasteiger charge is -2.39. The molecule has 2 atom stereocenters. The molecule has 0 aliphatic carbocycles. The minimum Gasteiger partial charge on any atom is -0.489 e. The van der Waals surface area contributed by atoms with Crippen molar-refractivity contribution < 1.29 is 4.74 Å². The van der Waals surface area contributed by atoms with Crippen LogP contribution in [0.5, 0.6) is 5.75 Å². The largest absolute Gasteiger partial charge is 0.489 e. The maximum Gasteiger partial charge on any atom is 0.119 e. The lowest BCUT2D eigenvalue weighted by Crippen LogP contribution is -2.44. The summed E-state index contributed by atoms with van der Waals surface area (Å²) in [6, 6.07) is 20.6. The summed E-state index contributed by atoms with van der Waals surface area (Å²) in [5.41, 5.74) is 2.63. The first-order valence-corrected chi connectivity index (χ1v) is 11.7. The zero-order chi connectivity index (χ0) is 20.3. The molecule has 2 heteroatoms. The molecular weight excluding hydrogens is 354 g/mol. The van der Waals surface area contributed by atoms with E-state index in [2.05, 4.69) is 67.3 Å². The first kappa shape index (κ1) is 21.9. The fraction of sp³-hybridized carbons (Fsp3) is 0.556. The highest BCUT2D eigenvalue weighted by molar-refractivity contribution is 5.27. The molecule has 0 saturated carbocycles. The van der Waals surface area contributed by atoms with Crippen LogP contribution in [-0.2, 0) is 13.0 Å². The third-order valence-electron chi connectivity index (χ3n) is 6.43. The quantitative estimate of drug-likeness (QED) is 0.380. The number of unbranched alkanes of at least 4 members (excludes halogenated alkanes) is 4. The van der Waals surface area contributed by atoms with E-state index in [-0.39, 0.29) is 0 Å². The van der Waals surface area contributed by atoms with Crippen LogP contribution >= 0.6 is 0 Å². The van der Waals surface area contributed by atoms with Crippen LogP contribution in [0.4, 0.5) is 0 Å². The van der Waals surface area contributed by atoms with E-state index in [0.717, 1.165) is 17.8 Å². The molecule has 0 amide bonds. The predicted octanol–water partition coefficient (Wildman–Crippen LogP) is 7.02. The molecule has 1 aliphatic rings. The molecule has 1 heterocycles. The van der Waals surface area contributed by atoms with Gasteiger partial charge in [-0.3, -0.25) is 4.90 Å². The zero-order valence-corrected chi connectivity index (χ0v) is 18.5. The van der Waals surface area contributed by atoms with Crippen LogP contribution in [0.25, 0.3) is 0 Å². The van der Waals surface area contributed by atoms with E-state index in [9.17, 15) is 0 Å². The maximum absolute atomic E-state index is 5.88. The van der Waals surface area contributed by atoms with Crippen LogP contribution in [0.3, 0.4) is 0 Å². The number of benzene rings is 2. The Labute approximate surface area is 178 Å². The fourth-order valence-electron chi connectivity index (χ4n) is 4.56. The molecule has 0 radical (unpaired) electrons. The molecule has 2 aromatic rings. The number of hydrogen-bond donors (Lipinski definition) is 0. The second-order valence-corrected chi connectivity index (χ2v) is 8.80. The molecule has 1 saturated heterocycles. The summed E-state index contributed by atoms with van der Waals surface area (Å²) in [7, 11) is 0. The number of likely N-dealkylation sites (tertiary alicyclic amines) is 1. The predicted molar refractivity (Wildman–Crippen MR) is 123 cm³/mol. The number of aryl methyl sites for hydroxylation is 1. The van der Waals surface area contributed by atoms with Crippen molar-refractivity contribution in [3.05, 3.63) is 65.7 Å². The fourth-order valence-corrected chi connectivity index (χ4v) is 4.56. The van der Waals surface area contributed by atoms with Crippen LogP contribution in [0, 0.1) is 0 Å². The smallest absolute Gasteiger partial charge is 0.119 e. The van der Waals surface area contributed by atoms with Gasteiger partial charge in [0.2, 0.25) is 0 Å². The molecule has 0 bridgehead atoms. The SMILES string of the molecule is CC1CCCC(C)N1CCCCCCCc1ccc(OCc2ccccc2)cc1. The van der Waals surface area contributed by atoms with Gasteiger partial charge in [-0.15, -0.1) is 0 Å². The third-order valence-corrected chi connectivity index (χ3v) is 6.43. The molecule has 158 valence electrons. The monoisotopic (exact) mass is 393 g/mol. The molecular formula is C27H39NO. The Bertz CT molecular complexity index is 671. The number of ether oxygens (including phenoxy) is 1. The minimum absolute atomic E-state index is 0.634. The number of rotatable bonds is 11. The summed E-state index contributed by atoms with van der Waals surface area (Å²) >= 11 is 0. The molecule has 29 heavy (non-hydrogen) atoms. The Kier molecular flexibility index (Phi) is 9.08. The van der Waals surface area contributed by atoms with Crippen LogP contribution in [0.1, 0.15) is 76.3 Å². The second-order valence-electron chi connectivity index (χ2n) is 8.80. The third kappa shape index (κ3) is 7.51. The summed E-state index contributed by atoms with van der Waals surface area (Å²) in [4.78, 5) is 2.74. The van der Waals surface area contributed by atoms with Gasteiger partial charge in [-0.05, 0) is 75.8 Å².